The highest BCUT2D eigenvalue weighted by atomic mass is 16.1. The van der Waals surface area contributed by atoms with E-state index in [9.17, 15) is 4.79 Å². The predicted octanol–water partition coefficient (Wildman–Crippen LogP) is 4.54. The highest BCUT2D eigenvalue weighted by Gasteiger charge is 2.27. The van der Waals surface area contributed by atoms with Gasteiger partial charge in [0, 0.05) is 39.0 Å². The van der Waals surface area contributed by atoms with Crippen LogP contribution in [0.15, 0.2) is 48.5 Å². The van der Waals surface area contributed by atoms with E-state index >= 15 is 0 Å². The number of aromatic nitrogens is 3. The Hall–Kier alpha value is -2.99. The van der Waals surface area contributed by atoms with Gasteiger partial charge in [-0.2, -0.15) is 0 Å². The summed E-state index contributed by atoms with van der Waals surface area (Å²) in [4.78, 5) is 14.6. The molecule has 1 aromatic heterocycles. The maximum Gasteiger partial charge on any atom is 0.220 e. The maximum absolute atomic E-state index is 12.1. The molecule has 0 radical (unpaired) electrons. The Morgan fingerprint density at radius 3 is 2.64 bits per heavy atom. The lowest BCUT2D eigenvalue weighted by molar-refractivity contribution is -0.121. The lowest BCUT2D eigenvalue weighted by Gasteiger charge is -2.23. The number of nitrogens with one attached hydrogen (secondary N) is 1. The van der Waals surface area contributed by atoms with Gasteiger partial charge in [0.1, 0.15) is 5.82 Å². The number of hydrogen-bond donors (Lipinski definition) is 1. The van der Waals surface area contributed by atoms with Crippen molar-refractivity contribution in [3.8, 4) is 11.1 Å². The van der Waals surface area contributed by atoms with E-state index in [-0.39, 0.29) is 17.9 Å². The molecule has 0 saturated heterocycles. The molecule has 4 rings (SSSR count). The van der Waals surface area contributed by atoms with E-state index < -0.39 is 0 Å². The predicted molar refractivity (Wildman–Crippen MR) is 132 cm³/mol. The monoisotopic (exact) mass is 445 g/mol. The van der Waals surface area contributed by atoms with Crippen LogP contribution in [0.2, 0.25) is 0 Å². The molecule has 0 fully saturated rings. The number of aryl methyl sites for hydroxylation is 1. The van der Waals surface area contributed by atoms with E-state index in [1.807, 2.05) is 6.92 Å². The SMILES string of the molecule is CCC(=O)NC(c1nnc2n1CCN(Cc1cccc(-c3ccccc3C)c1)CC2)C(C)C. The molecule has 1 N–H and O–H groups in total. The van der Waals surface area contributed by atoms with Gasteiger partial charge in [-0.3, -0.25) is 9.69 Å². The molecule has 1 atom stereocenters. The quantitative estimate of drug-likeness (QED) is 0.580. The zero-order chi connectivity index (χ0) is 23.4. The fourth-order valence-corrected chi connectivity index (χ4v) is 4.57. The average Bonchev–Trinajstić information content (AvgIpc) is 3.11. The number of carbonyl (C=O) groups is 1. The topological polar surface area (TPSA) is 63.1 Å². The molecule has 0 saturated carbocycles. The van der Waals surface area contributed by atoms with Crippen LogP contribution in [0.25, 0.3) is 11.1 Å². The van der Waals surface area contributed by atoms with Crippen molar-refractivity contribution in [1.29, 1.82) is 0 Å². The summed E-state index contributed by atoms with van der Waals surface area (Å²) in [6.07, 6.45) is 1.33. The van der Waals surface area contributed by atoms with Gasteiger partial charge in [-0.15, -0.1) is 10.2 Å². The number of amides is 1. The van der Waals surface area contributed by atoms with Crippen molar-refractivity contribution in [2.45, 2.75) is 59.7 Å². The van der Waals surface area contributed by atoms with Crippen LogP contribution in [-0.2, 0) is 24.3 Å². The van der Waals surface area contributed by atoms with Crippen molar-refractivity contribution in [3.05, 3.63) is 71.3 Å². The minimum Gasteiger partial charge on any atom is -0.346 e. The van der Waals surface area contributed by atoms with Gasteiger partial charge in [0.15, 0.2) is 5.82 Å². The molecule has 1 aliphatic rings. The normalized spacial score (nSPS) is 15.2. The van der Waals surface area contributed by atoms with Gasteiger partial charge in [0.05, 0.1) is 6.04 Å². The molecule has 3 aromatic rings. The number of benzene rings is 2. The third-order valence-electron chi connectivity index (χ3n) is 6.52. The van der Waals surface area contributed by atoms with E-state index in [2.05, 4.69) is 94.3 Å². The van der Waals surface area contributed by atoms with Crippen LogP contribution in [0, 0.1) is 12.8 Å². The smallest absolute Gasteiger partial charge is 0.220 e. The summed E-state index contributed by atoms with van der Waals surface area (Å²) in [7, 11) is 0. The Labute approximate surface area is 197 Å². The standard InChI is InChI=1S/C27H35N5O/c1-5-25(33)28-26(19(2)3)27-30-29-24-13-14-31(15-16-32(24)27)18-21-10-8-11-22(17-21)23-12-7-6-9-20(23)4/h6-12,17,19,26H,5,13-16,18H2,1-4H3,(H,28,33). The fourth-order valence-electron chi connectivity index (χ4n) is 4.57. The molecule has 33 heavy (non-hydrogen) atoms. The van der Waals surface area contributed by atoms with Crippen molar-refractivity contribution in [2.75, 3.05) is 13.1 Å². The molecule has 1 amide bonds. The second kappa shape index (κ2) is 10.3. The zero-order valence-corrected chi connectivity index (χ0v) is 20.2. The lowest BCUT2D eigenvalue weighted by Crippen LogP contribution is -2.34. The van der Waals surface area contributed by atoms with Crippen LogP contribution < -0.4 is 5.32 Å². The number of nitrogens with zero attached hydrogens (tertiary/aromatic N) is 4. The van der Waals surface area contributed by atoms with Crippen molar-refractivity contribution in [1.82, 2.24) is 25.0 Å². The van der Waals surface area contributed by atoms with Crippen LogP contribution >= 0.6 is 0 Å². The third kappa shape index (κ3) is 5.33. The molecule has 1 aliphatic heterocycles. The van der Waals surface area contributed by atoms with Crippen molar-refractivity contribution in [2.24, 2.45) is 5.92 Å². The average molecular weight is 446 g/mol. The first-order chi connectivity index (χ1) is 16.0. The molecule has 2 aromatic carbocycles. The molecule has 174 valence electrons. The first-order valence-corrected chi connectivity index (χ1v) is 12.0. The Morgan fingerprint density at radius 1 is 1.06 bits per heavy atom. The van der Waals surface area contributed by atoms with Crippen molar-refractivity contribution < 1.29 is 4.79 Å². The van der Waals surface area contributed by atoms with Gasteiger partial charge in [-0.05, 0) is 41.2 Å². The maximum atomic E-state index is 12.1. The lowest BCUT2D eigenvalue weighted by atomic mass is 9.99. The Kier molecular flexibility index (Phi) is 7.23. The van der Waals surface area contributed by atoms with Crippen LogP contribution in [-0.4, -0.2) is 38.7 Å². The fraction of sp³-hybridized carbons (Fsp3) is 0.444. The summed E-state index contributed by atoms with van der Waals surface area (Å²) in [5, 5.41) is 12.1. The van der Waals surface area contributed by atoms with E-state index in [1.165, 1.54) is 22.3 Å². The summed E-state index contributed by atoms with van der Waals surface area (Å²) in [6, 6.07) is 17.3. The van der Waals surface area contributed by atoms with Gasteiger partial charge >= 0.3 is 0 Å². The van der Waals surface area contributed by atoms with Gasteiger partial charge < -0.3 is 9.88 Å². The van der Waals surface area contributed by atoms with Gasteiger partial charge in [0.25, 0.3) is 0 Å². The molecule has 6 nitrogen and oxygen atoms in total. The van der Waals surface area contributed by atoms with E-state index in [4.69, 9.17) is 0 Å². The Balaban J connectivity index is 1.48. The largest absolute Gasteiger partial charge is 0.346 e. The Morgan fingerprint density at radius 2 is 1.88 bits per heavy atom. The molecule has 2 heterocycles. The summed E-state index contributed by atoms with van der Waals surface area (Å²) < 4.78 is 2.23. The summed E-state index contributed by atoms with van der Waals surface area (Å²) in [5.74, 6) is 2.19. The van der Waals surface area contributed by atoms with Crippen LogP contribution in [0.5, 0.6) is 0 Å². The zero-order valence-electron chi connectivity index (χ0n) is 20.2. The second-order valence-corrected chi connectivity index (χ2v) is 9.31. The summed E-state index contributed by atoms with van der Waals surface area (Å²) in [5.41, 5.74) is 5.18. The number of carbonyl (C=O) groups excluding carboxylic acids is 1. The highest BCUT2D eigenvalue weighted by Crippen LogP contribution is 2.26. The van der Waals surface area contributed by atoms with E-state index in [1.54, 1.807) is 0 Å². The minimum atomic E-state index is -0.115. The molecular formula is C27H35N5O. The van der Waals surface area contributed by atoms with Crippen LogP contribution in [0.3, 0.4) is 0 Å². The Bertz CT molecular complexity index is 1100. The first-order valence-electron chi connectivity index (χ1n) is 12.0. The minimum absolute atomic E-state index is 0.0508. The molecule has 1 unspecified atom stereocenters. The van der Waals surface area contributed by atoms with Crippen LogP contribution in [0.4, 0.5) is 0 Å². The number of fused-ring (bicyclic) bond motifs is 1. The van der Waals surface area contributed by atoms with Gasteiger partial charge in [-0.1, -0.05) is 63.2 Å². The summed E-state index contributed by atoms with van der Waals surface area (Å²) in [6.45, 7) is 11.9. The number of hydrogen-bond acceptors (Lipinski definition) is 4. The van der Waals surface area contributed by atoms with Crippen LogP contribution in [0.1, 0.15) is 56.0 Å². The van der Waals surface area contributed by atoms with Crippen molar-refractivity contribution in [3.63, 3.8) is 0 Å². The van der Waals surface area contributed by atoms with Gasteiger partial charge in [-0.25, -0.2) is 0 Å². The van der Waals surface area contributed by atoms with Crippen molar-refractivity contribution >= 4 is 5.91 Å². The van der Waals surface area contributed by atoms with Gasteiger partial charge in [0.2, 0.25) is 5.91 Å². The number of rotatable bonds is 7. The summed E-state index contributed by atoms with van der Waals surface area (Å²) >= 11 is 0. The molecule has 0 bridgehead atoms. The molecule has 0 spiro atoms. The molecular weight excluding hydrogens is 410 g/mol. The third-order valence-corrected chi connectivity index (χ3v) is 6.52. The van der Waals surface area contributed by atoms with E-state index in [0.717, 1.165) is 44.2 Å². The highest BCUT2D eigenvalue weighted by molar-refractivity contribution is 5.76. The first kappa shape index (κ1) is 23.2. The van der Waals surface area contributed by atoms with E-state index in [0.29, 0.717) is 6.42 Å². The molecule has 0 aliphatic carbocycles. The molecule has 6 heteroatoms. The second-order valence-electron chi connectivity index (χ2n) is 9.31.